The molecule has 0 aliphatic carbocycles. The molecule has 0 radical (unpaired) electrons. The Morgan fingerprint density at radius 2 is 2.17 bits per heavy atom. The summed E-state index contributed by atoms with van der Waals surface area (Å²) >= 11 is 0. The number of carbonyl (C=O) groups excluding carboxylic acids is 1. The number of carbonyl (C=O) groups is 2. The summed E-state index contributed by atoms with van der Waals surface area (Å²) < 4.78 is 22.9. The zero-order valence-corrected chi connectivity index (χ0v) is 7.17. The first-order valence-corrected chi connectivity index (χ1v) is 4.89. The number of hydrogen-bond acceptors (Lipinski definition) is 4. The minimum Gasteiger partial charge on any atom is -0.480 e. The summed E-state index contributed by atoms with van der Waals surface area (Å²) in [6, 6.07) is -1.36. The molecule has 0 aliphatic rings. The highest BCUT2D eigenvalue weighted by Crippen LogP contribution is 1.91. The standard InChI is InChI=1S/C5H9NO5S/c1-12(10,11)6-4(2-3-7)5(8)9/h3-4,6H,2H2,1H3,(H,8,9). The van der Waals surface area contributed by atoms with Crippen LogP contribution in [0.2, 0.25) is 0 Å². The molecule has 0 aromatic heterocycles. The Bertz CT molecular complexity index is 270. The van der Waals surface area contributed by atoms with Crippen LogP contribution in [0.5, 0.6) is 0 Å². The predicted molar refractivity (Wildman–Crippen MR) is 40.1 cm³/mol. The molecule has 0 aromatic carbocycles. The summed E-state index contributed by atoms with van der Waals surface area (Å²) in [5, 5.41) is 8.38. The van der Waals surface area contributed by atoms with E-state index in [0.717, 1.165) is 6.26 Å². The second-order valence-electron chi connectivity index (χ2n) is 2.18. The van der Waals surface area contributed by atoms with Gasteiger partial charge in [-0.2, -0.15) is 0 Å². The number of sulfonamides is 1. The van der Waals surface area contributed by atoms with Gasteiger partial charge in [0, 0.05) is 6.42 Å². The van der Waals surface area contributed by atoms with E-state index >= 15 is 0 Å². The largest absolute Gasteiger partial charge is 0.480 e. The molecule has 6 nitrogen and oxygen atoms in total. The summed E-state index contributed by atoms with van der Waals surface area (Å²) in [6.45, 7) is 0. The molecule has 70 valence electrons. The molecule has 0 spiro atoms. The highest BCUT2D eigenvalue weighted by molar-refractivity contribution is 7.88. The van der Waals surface area contributed by atoms with Crippen molar-refractivity contribution >= 4 is 22.3 Å². The van der Waals surface area contributed by atoms with E-state index in [2.05, 4.69) is 0 Å². The van der Waals surface area contributed by atoms with Crippen molar-refractivity contribution in [1.29, 1.82) is 0 Å². The number of carboxylic acid groups (broad SMARTS) is 1. The molecule has 0 aromatic rings. The zero-order valence-electron chi connectivity index (χ0n) is 6.35. The molecule has 1 unspecified atom stereocenters. The Hall–Kier alpha value is -0.950. The molecule has 2 N–H and O–H groups in total. The molecule has 0 bridgehead atoms. The molecule has 0 amide bonds. The Morgan fingerprint density at radius 3 is 2.42 bits per heavy atom. The zero-order chi connectivity index (χ0) is 9.78. The summed E-state index contributed by atoms with van der Waals surface area (Å²) in [7, 11) is -3.58. The van der Waals surface area contributed by atoms with E-state index in [9.17, 15) is 18.0 Å². The third-order valence-electron chi connectivity index (χ3n) is 0.986. The Kier molecular flexibility index (Phi) is 3.84. The molecule has 0 aliphatic heterocycles. The fourth-order valence-corrected chi connectivity index (χ4v) is 1.27. The smallest absolute Gasteiger partial charge is 0.322 e. The van der Waals surface area contributed by atoms with Crippen LogP contribution in [0.3, 0.4) is 0 Å². The lowest BCUT2D eigenvalue weighted by atomic mass is 10.2. The van der Waals surface area contributed by atoms with Crippen molar-refractivity contribution < 1.29 is 23.1 Å². The topological polar surface area (TPSA) is 101 Å². The van der Waals surface area contributed by atoms with Crippen LogP contribution in [0, 0.1) is 0 Å². The van der Waals surface area contributed by atoms with Crippen molar-refractivity contribution in [3.63, 3.8) is 0 Å². The number of aliphatic carboxylic acids is 1. The normalized spacial score (nSPS) is 13.8. The SMILES string of the molecule is CS(=O)(=O)NC(CC=O)C(=O)O. The van der Waals surface area contributed by atoms with E-state index in [1.807, 2.05) is 0 Å². The van der Waals surface area contributed by atoms with Crippen LogP contribution in [0.15, 0.2) is 0 Å². The van der Waals surface area contributed by atoms with Gasteiger partial charge in [-0.1, -0.05) is 0 Å². The predicted octanol–water partition coefficient (Wildman–Crippen LogP) is -1.42. The average Bonchev–Trinajstić information content (AvgIpc) is 1.83. The van der Waals surface area contributed by atoms with Gasteiger partial charge in [0.15, 0.2) is 0 Å². The van der Waals surface area contributed by atoms with Crippen LogP contribution < -0.4 is 4.72 Å². The quantitative estimate of drug-likeness (QED) is 0.524. The molecule has 1 atom stereocenters. The molecule has 0 saturated heterocycles. The molecule has 0 fully saturated rings. The lowest BCUT2D eigenvalue weighted by Crippen LogP contribution is -2.40. The average molecular weight is 195 g/mol. The van der Waals surface area contributed by atoms with E-state index in [-0.39, 0.29) is 6.42 Å². The molecular weight excluding hydrogens is 186 g/mol. The Labute approximate surface area is 69.6 Å². The van der Waals surface area contributed by atoms with Gasteiger partial charge in [-0.15, -0.1) is 0 Å². The van der Waals surface area contributed by atoms with Crippen molar-refractivity contribution in [2.24, 2.45) is 0 Å². The molecule has 7 heteroatoms. The molecule has 0 saturated carbocycles. The maximum absolute atomic E-state index is 10.5. The minimum absolute atomic E-state index is 0.344. The molecule has 12 heavy (non-hydrogen) atoms. The van der Waals surface area contributed by atoms with Crippen molar-refractivity contribution in [1.82, 2.24) is 4.72 Å². The van der Waals surface area contributed by atoms with Crippen LogP contribution in [0.4, 0.5) is 0 Å². The summed E-state index contributed by atoms with van der Waals surface area (Å²) in [5.74, 6) is -1.37. The van der Waals surface area contributed by atoms with Crippen molar-refractivity contribution in [2.75, 3.05) is 6.26 Å². The van der Waals surface area contributed by atoms with E-state index in [1.54, 1.807) is 4.72 Å². The third kappa shape index (κ3) is 4.80. The van der Waals surface area contributed by atoms with Crippen LogP contribution in [-0.4, -0.2) is 38.1 Å². The highest BCUT2D eigenvalue weighted by Gasteiger charge is 2.20. The van der Waals surface area contributed by atoms with Gasteiger partial charge in [0.25, 0.3) is 0 Å². The second-order valence-corrected chi connectivity index (χ2v) is 3.96. The first-order chi connectivity index (χ1) is 5.37. The molecular formula is C5H9NO5S. The molecule has 0 rings (SSSR count). The fourth-order valence-electron chi connectivity index (χ4n) is 0.554. The van der Waals surface area contributed by atoms with E-state index < -0.39 is 22.0 Å². The van der Waals surface area contributed by atoms with Crippen LogP contribution in [0.25, 0.3) is 0 Å². The second kappa shape index (κ2) is 4.17. The van der Waals surface area contributed by atoms with E-state index in [4.69, 9.17) is 5.11 Å². The van der Waals surface area contributed by atoms with Gasteiger partial charge in [-0.3, -0.25) is 4.79 Å². The number of carboxylic acids is 1. The summed E-state index contributed by atoms with van der Waals surface area (Å²) in [4.78, 5) is 20.2. The maximum atomic E-state index is 10.5. The first-order valence-electron chi connectivity index (χ1n) is 3.00. The third-order valence-corrected chi connectivity index (χ3v) is 1.70. The van der Waals surface area contributed by atoms with Gasteiger partial charge in [-0.05, 0) is 0 Å². The van der Waals surface area contributed by atoms with Crippen molar-refractivity contribution in [3.05, 3.63) is 0 Å². The van der Waals surface area contributed by atoms with Gasteiger partial charge in [0.05, 0.1) is 6.26 Å². The van der Waals surface area contributed by atoms with Gasteiger partial charge >= 0.3 is 5.97 Å². The maximum Gasteiger partial charge on any atom is 0.322 e. The summed E-state index contributed by atoms with van der Waals surface area (Å²) in [5.41, 5.74) is 0. The number of hydrogen-bond donors (Lipinski definition) is 2. The highest BCUT2D eigenvalue weighted by atomic mass is 32.2. The van der Waals surface area contributed by atoms with Crippen molar-refractivity contribution in [3.8, 4) is 0 Å². The minimum atomic E-state index is -3.58. The number of nitrogens with one attached hydrogen (secondary N) is 1. The first kappa shape index (κ1) is 11.1. The lowest BCUT2D eigenvalue weighted by Gasteiger charge is -2.08. The monoisotopic (exact) mass is 195 g/mol. The Morgan fingerprint density at radius 1 is 1.67 bits per heavy atom. The Balaban J connectivity index is 4.34. The van der Waals surface area contributed by atoms with E-state index in [1.165, 1.54) is 0 Å². The molecule has 0 heterocycles. The number of rotatable bonds is 5. The van der Waals surface area contributed by atoms with Crippen LogP contribution in [0.1, 0.15) is 6.42 Å². The van der Waals surface area contributed by atoms with Gasteiger partial charge < -0.3 is 9.90 Å². The van der Waals surface area contributed by atoms with Gasteiger partial charge in [0.1, 0.15) is 12.3 Å². The van der Waals surface area contributed by atoms with Gasteiger partial charge in [0.2, 0.25) is 10.0 Å². The summed E-state index contributed by atoms with van der Waals surface area (Å²) in [6.07, 6.45) is 0.799. The van der Waals surface area contributed by atoms with Crippen LogP contribution in [-0.2, 0) is 19.6 Å². The van der Waals surface area contributed by atoms with E-state index in [0.29, 0.717) is 6.29 Å². The fraction of sp³-hybridized carbons (Fsp3) is 0.600. The lowest BCUT2D eigenvalue weighted by molar-refractivity contribution is -0.139. The van der Waals surface area contributed by atoms with Gasteiger partial charge in [-0.25, -0.2) is 13.1 Å². The van der Waals surface area contributed by atoms with Crippen LogP contribution >= 0.6 is 0 Å². The van der Waals surface area contributed by atoms with Crippen molar-refractivity contribution in [2.45, 2.75) is 12.5 Å². The number of aldehydes is 1.